The van der Waals surface area contributed by atoms with Crippen molar-refractivity contribution in [2.45, 2.75) is 41.1 Å². The SMILES string of the molecule is O=C1C2=C(O)C(F)(F)C(F)(F)C(F)(F)C2(O)C(F)(F)C(F)(F)C1(F)F. The fourth-order valence-corrected chi connectivity index (χ4v) is 2.41. The molecule has 1 unspecified atom stereocenters. The topological polar surface area (TPSA) is 57.5 Å². The molecule has 0 aromatic carbocycles. The van der Waals surface area contributed by atoms with Gasteiger partial charge < -0.3 is 10.2 Å². The maximum Gasteiger partial charge on any atom is 0.383 e. The molecular formula is C10H2F12O3. The summed E-state index contributed by atoms with van der Waals surface area (Å²) in [6.07, 6.45) is 0. The number of alkyl halides is 12. The van der Waals surface area contributed by atoms with Crippen molar-refractivity contribution in [1.82, 2.24) is 0 Å². The van der Waals surface area contributed by atoms with E-state index in [0.29, 0.717) is 0 Å². The molecule has 2 rings (SSSR count). The molecule has 1 saturated carbocycles. The molecule has 0 amide bonds. The number of allylic oxidation sites excluding steroid dienone is 1. The van der Waals surface area contributed by atoms with Gasteiger partial charge in [0, 0.05) is 0 Å². The molecule has 2 aliphatic rings. The molecule has 0 spiro atoms. The van der Waals surface area contributed by atoms with E-state index < -0.39 is 58.3 Å². The van der Waals surface area contributed by atoms with Gasteiger partial charge in [0.15, 0.2) is 5.76 Å². The van der Waals surface area contributed by atoms with Crippen LogP contribution in [0.3, 0.4) is 0 Å². The Kier molecular flexibility index (Phi) is 3.28. The molecule has 15 heteroatoms. The van der Waals surface area contributed by atoms with Gasteiger partial charge in [0.05, 0.1) is 5.57 Å². The molecular weight excluding hydrogens is 396 g/mol. The summed E-state index contributed by atoms with van der Waals surface area (Å²) < 4.78 is 160. The van der Waals surface area contributed by atoms with Crippen molar-refractivity contribution in [3.63, 3.8) is 0 Å². The van der Waals surface area contributed by atoms with Gasteiger partial charge >= 0.3 is 35.5 Å². The number of carbonyl (C=O) groups excluding carboxylic acids is 1. The molecule has 2 aliphatic carbocycles. The molecule has 0 heterocycles. The van der Waals surface area contributed by atoms with Crippen LogP contribution in [-0.4, -0.2) is 57.1 Å². The highest BCUT2D eigenvalue weighted by Gasteiger charge is 2.98. The summed E-state index contributed by atoms with van der Waals surface area (Å²) in [5.41, 5.74) is -10.3. The number of Topliss-reactive ketones (excluding diaryl/α,β-unsaturated/α-hetero) is 1. The monoisotopic (exact) mass is 398 g/mol. The lowest BCUT2D eigenvalue weighted by molar-refractivity contribution is -0.427. The van der Waals surface area contributed by atoms with Crippen molar-refractivity contribution in [2.75, 3.05) is 0 Å². The average molecular weight is 398 g/mol. The molecule has 0 aliphatic heterocycles. The maximum absolute atomic E-state index is 13.6. The van der Waals surface area contributed by atoms with E-state index >= 15 is 0 Å². The van der Waals surface area contributed by atoms with Crippen molar-refractivity contribution in [3.8, 4) is 0 Å². The van der Waals surface area contributed by atoms with Gasteiger partial charge in [-0.2, -0.15) is 52.7 Å². The minimum atomic E-state index is -7.27. The molecule has 1 atom stereocenters. The summed E-state index contributed by atoms with van der Waals surface area (Å²) >= 11 is 0. The lowest BCUT2D eigenvalue weighted by Crippen LogP contribution is -2.84. The molecule has 0 aromatic heterocycles. The Hall–Kier alpha value is -1.67. The minimum absolute atomic E-state index is 3.73. The summed E-state index contributed by atoms with van der Waals surface area (Å²) in [4.78, 5) is 11.1. The summed E-state index contributed by atoms with van der Waals surface area (Å²) in [6.45, 7) is 0. The Morgan fingerprint density at radius 1 is 0.600 bits per heavy atom. The Morgan fingerprint density at radius 2 is 0.920 bits per heavy atom. The third kappa shape index (κ3) is 1.50. The molecule has 144 valence electrons. The van der Waals surface area contributed by atoms with E-state index in [9.17, 15) is 57.5 Å². The van der Waals surface area contributed by atoms with Crippen LogP contribution in [0.4, 0.5) is 52.7 Å². The highest BCUT2D eigenvalue weighted by molar-refractivity contribution is 6.06. The number of carbonyl (C=O) groups is 1. The lowest BCUT2D eigenvalue weighted by Gasteiger charge is -2.54. The van der Waals surface area contributed by atoms with Gasteiger partial charge in [-0.15, -0.1) is 0 Å². The third-order valence-electron chi connectivity index (χ3n) is 3.89. The van der Waals surface area contributed by atoms with Crippen LogP contribution in [0.1, 0.15) is 0 Å². The van der Waals surface area contributed by atoms with Gasteiger partial charge in [-0.05, 0) is 0 Å². The third-order valence-corrected chi connectivity index (χ3v) is 3.89. The highest BCUT2D eigenvalue weighted by Crippen LogP contribution is 2.69. The number of rotatable bonds is 0. The van der Waals surface area contributed by atoms with Crippen LogP contribution in [0.5, 0.6) is 0 Å². The normalized spacial score (nSPS) is 36.8. The second-order valence-corrected chi connectivity index (χ2v) is 5.21. The molecule has 2 N–H and O–H groups in total. The van der Waals surface area contributed by atoms with Crippen LogP contribution >= 0.6 is 0 Å². The van der Waals surface area contributed by atoms with E-state index in [0.717, 1.165) is 0 Å². The molecule has 0 radical (unpaired) electrons. The largest absolute Gasteiger partial charge is 0.506 e. The van der Waals surface area contributed by atoms with E-state index in [4.69, 9.17) is 10.2 Å². The van der Waals surface area contributed by atoms with E-state index in [2.05, 4.69) is 0 Å². The van der Waals surface area contributed by atoms with E-state index in [1.807, 2.05) is 0 Å². The standard InChI is InChI=1S/C10H2F12O3/c11-5(12)2(23)1-3(24)6(13,14)10(21,22)8(17,18)4(1,25)7(15,16)9(5,19)20/h23,25H. The van der Waals surface area contributed by atoms with Crippen molar-refractivity contribution < 1.29 is 67.7 Å². The molecule has 0 bridgehead atoms. The Bertz CT molecular complexity index is 693. The van der Waals surface area contributed by atoms with Crippen LogP contribution in [0.25, 0.3) is 0 Å². The van der Waals surface area contributed by atoms with E-state index in [1.165, 1.54) is 0 Å². The first-order valence-electron chi connectivity index (χ1n) is 5.67. The number of halogens is 12. The second kappa shape index (κ2) is 4.17. The van der Waals surface area contributed by atoms with Gasteiger partial charge in [-0.1, -0.05) is 0 Å². The van der Waals surface area contributed by atoms with Crippen LogP contribution in [0, 0.1) is 0 Å². The molecule has 1 fully saturated rings. The van der Waals surface area contributed by atoms with E-state index in [1.54, 1.807) is 0 Å². The highest BCUT2D eigenvalue weighted by atomic mass is 19.4. The fourth-order valence-electron chi connectivity index (χ4n) is 2.41. The molecule has 3 nitrogen and oxygen atoms in total. The smallest absolute Gasteiger partial charge is 0.383 e. The fraction of sp³-hybridized carbons (Fsp3) is 0.700. The number of aliphatic hydroxyl groups excluding tert-OH is 1. The first-order chi connectivity index (χ1) is 10.7. The van der Waals surface area contributed by atoms with Gasteiger partial charge in [0.1, 0.15) is 0 Å². The average Bonchev–Trinajstić information content (AvgIpc) is 2.43. The van der Waals surface area contributed by atoms with Gasteiger partial charge in [-0.25, -0.2) is 0 Å². The van der Waals surface area contributed by atoms with Crippen molar-refractivity contribution >= 4 is 5.78 Å². The minimum Gasteiger partial charge on any atom is -0.506 e. The zero-order valence-electron chi connectivity index (χ0n) is 10.8. The Balaban J connectivity index is 3.11. The predicted octanol–water partition coefficient (Wildman–Crippen LogP) is 2.94. The quantitative estimate of drug-likeness (QED) is 0.618. The van der Waals surface area contributed by atoms with Crippen LogP contribution < -0.4 is 0 Å². The van der Waals surface area contributed by atoms with Crippen LogP contribution in [0.15, 0.2) is 11.3 Å². The number of ketones is 1. The van der Waals surface area contributed by atoms with Gasteiger partial charge in [0.2, 0.25) is 11.4 Å². The molecule has 25 heavy (non-hydrogen) atoms. The Labute approximate surface area is 127 Å². The number of aliphatic hydroxyl groups is 2. The summed E-state index contributed by atoms with van der Waals surface area (Å²) in [6, 6.07) is 0. The summed E-state index contributed by atoms with van der Waals surface area (Å²) in [5.74, 6) is -50.0. The molecule has 0 aromatic rings. The number of fused-ring (bicyclic) bond motifs is 1. The van der Waals surface area contributed by atoms with Crippen molar-refractivity contribution in [2.24, 2.45) is 0 Å². The van der Waals surface area contributed by atoms with Crippen LogP contribution in [0.2, 0.25) is 0 Å². The predicted molar refractivity (Wildman–Crippen MR) is 49.3 cm³/mol. The number of hydrogen-bond donors (Lipinski definition) is 2. The summed E-state index contributed by atoms with van der Waals surface area (Å²) in [7, 11) is 0. The zero-order chi connectivity index (χ0) is 20.2. The Morgan fingerprint density at radius 3 is 1.28 bits per heavy atom. The van der Waals surface area contributed by atoms with E-state index in [-0.39, 0.29) is 0 Å². The number of hydrogen-bond acceptors (Lipinski definition) is 3. The van der Waals surface area contributed by atoms with Crippen LogP contribution in [-0.2, 0) is 4.79 Å². The van der Waals surface area contributed by atoms with Crippen molar-refractivity contribution in [3.05, 3.63) is 11.3 Å². The van der Waals surface area contributed by atoms with Crippen molar-refractivity contribution in [1.29, 1.82) is 0 Å². The first kappa shape index (κ1) is 19.7. The maximum atomic E-state index is 13.6. The van der Waals surface area contributed by atoms with Gasteiger partial charge in [0.25, 0.3) is 0 Å². The molecule has 0 saturated heterocycles. The first-order valence-corrected chi connectivity index (χ1v) is 5.67. The summed E-state index contributed by atoms with van der Waals surface area (Å²) in [5, 5.41) is 18.0. The van der Waals surface area contributed by atoms with Gasteiger partial charge in [-0.3, -0.25) is 4.79 Å². The lowest BCUT2D eigenvalue weighted by atomic mass is 9.63. The zero-order valence-corrected chi connectivity index (χ0v) is 10.8. The second-order valence-electron chi connectivity index (χ2n) is 5.21.